The van der Waals surface area contributed by atoms with Crippen molar-refractivity contribution in [1.82, 2.24) is 4.98 Å². The molecule has 1 aliphatic heterocycles. The average molecular weight is 316 g/mol. The van der Waals surface area contributed by atoms with Crippen molar-refractivity contribution in [2.24, 2.45) is 5.92 Å². The molecule has 1 amide bonds. The third kappa shape index (κ3) is 2.55. The van der Waals surface area contributed by atoms with Crippen molar-refractivity contribution in [3.8, 4) is 23.5 Å². The number of rotatable bonds is 1. The van der Waals surface area contributed by atoms with Crippen LogP contribution in [0.5, 0.6) is 0 Å². The van der Waals surface area contributed by atoms with E-state index in [1.165, 1.54) is 16.0 Å². The maximum absolute atomic E-state index is 12.0. The van der Waals surface area contributed by atoms with Crippen LogP contribution < -0.4 is 4.90 Å². The van der Waals surface area contributed by atoms with Gasteiger partial charge < -0.3 is 4.74 Å². The number of allylic oxidation sites excluding steroid dienone is 1. The molecule has 2 heterocycles. The summed E-state index contributed by atoms with van der Waals surface area (Å²) in [7, 11) is 0. The molecule has 0 radical (unpaired) electrons. The van der Waals surface area contributed by atoms with Crippen molar-refractivity contribution in [2.45, 2.75) is 12.8 Å². The fourth-order valence-corrected chi connectivity index (χ4v) is 3.10. The van der Waals surface area contributed by atoms with E-state index in [9.17, 15) is 4.79 Å². The molecule has 4 nitrogen and oxygen atoms in total. The Morgan fingerprint density at radius 3 is 2.75 bits per heavy atom. The molecule has 0 aromatic carbocycles. The number of hydrogen-bond acceptors (Lipinski definition) is 3. The van der Waals surface area contributed by atoms with E-state index in [1.54, 1.807) is 18.3 Å². The number of nitrogens with zero attached hydrogens (tertiary/aromatic N) is 2. The molecule has 0 unspecified atom stereocenters. The van der Waals surface area contributed by atoms with Gasteiger partial charge in [0.15, 0.2) is 5.82 Å². The summed E-state index contributed by atoms with van der Waals surface area (Å²) in [6, 6.07) is 12.0. The average Bonchev–Trinajstić information content (AvgIpc) is 3.00. The number of anilines is 1. The van der Waals surface area contributed by atoms with E-state index < -0.39 is 6.09 Å². The van der Waals surface area contributed by atoms with Crippen LogP contribution in [0.15, 0.2) is 54.4 Å². The van der Waals surface area contributed by atoms with E-state index in [4.69, 9.17) is 11.2 Å². The lowest BCUT2D eigenvalue weighted by Gasteiger charge is -2.32. The Kier molecular flexibility index (Phi) is 3.55. The minimum Gasteiger partial charge on any atom is -0.448 e. The molecule has 0 saturated carbocycles. The van der Waals surface area contributed by atoms with Gasteiger partial charge in [-0.05, 0) is 42.2 Å². The zero-order chi connectivity index (χ0) is 16.5. The maximum atomic E-state index is 12.0. The lowest BCUT2D eigenvalue weighted by Crippen LogP contribution is -2.40. The fraction of sp³-hybridized carbons (Fsp3) is 0.200. The molecule has 4 aliphatic rings. The lowest BCUT2D eigenvalue weighted by molar-refractivity contribution is 0.127. The molecule has 0 spiro atoms. The Morgan fingerprint density at radius 2 is 2.08 bits per heavy atom. The lowest BCUT2D eigenvalue weighted by atomic mass is 10.1. The first-order valence-electron chi connectivity index (χ1n) is 7.97. The van der Waals surface area contributed by atoms with Crippen LogP contribution in [0.2, 0.25) is 0 Å². The standard InChI is InChI=1S/C14H12N2O2.C6H4/c1-2-10-6-4-8-15-13(10)16-12-7-3-5-11(12)9-18-14(16)17;1-2-5-4-6(5)3-1/h1,4,6-8,11H,3,5,9H2;1-4H/t11-;/m1./s1. The second-order valence-electron chi connectivity index (χ2n) is 5.92. The number of terminal acetylenes is 1. The maximum Gasteiger partial charge on any atom is 0.419 e. The van der Waals surface area contributed by atoms with Gasteiger partial charge in [0.25, 0.3) is 0 Å². The second kappa shape index (κ2) is 5.86. The number of cyclic esters (lactones) is 1. The van der Waals surface area contributed by atoms with Crippen LogP contribution in [0.1, 0.15) is 18.4 Å². The monoisotopic (exact) mass is 316 g/mol. The molecule has 5 rings (SSSR count). The van der Waals surface area contributed by atoms with Crippen molar-refractivity contribution >= 4 is 11.9 Å². The highest BCUT2D eigenvalue weighted by Crippen LogP contribution is 2.36. The van der Waals surface area contributed by atoms with Gasteiger partial charge in [0.2, 0.25) is 0 Å². The summed E-state index contributed by atoms with van der Waals surface area (Å²) < 4.78 is 5.20. The van der Waals surface area contributed by atoms with Crippen LogP contribution in [-0.4, -0.2) is 17.7 Å². The molecular formula is C20H16N2O2. The first kappa shape index (κ1) is 14.5. The van der Waals surface area contributed by atoms with Crippen LogP contribution in [0.3, 0.4) is 0 Å². The number of carbonyl (C=O) groups excluding carboxylic acids is 1. The van der Waals surface area contributed by atoms with E-state index in [0.29, 0.717) is 18.0 Å². The summed E-state index contributed by atoms with van der Waals surface area (Å²) in [6.45, 7) is 0.458. The summed E-state index contributed by atoms with van der Waals surface area (Å²) >= 11 is 0. The van der Waals surface area contributed by atoms with Crippen LogP contribution in [0.4, 0.5) is 10.6 Å². The first-order chi connectivity index (χ1) is 11.8. The van der Waals surface area contributed by atoms with E-state index in [0.717, 1.165) is 18.5 Å². The van der Waals surface area contributed by atoms with Gasteiger partial charge in [0, 0.05) is 17.8 Å². The third-order valence-electron chi connectivity index (χ3n) is 4.40. The Hall–Kier alpha value is -3.06. The SMILES string of the molecule is C#Cc1cccnc1N1C(=O)OC[C@H]2CCC=C21.c1cc2cc-2c1. The van der Waals surface area contributed by atoms with Crippen LogP contribution >= 0.6 is 0 Å². The van der Waals surface area contributed by atoms with Crippen LogP contribution in [0, 0.1) is 18.3 Å². The van der Waals surface area contributed by atoms with Gasteiger partial charge in [-0.3, -0.25) is 0 Å². The van der Waals surface area contributed by atoms with Gasteiger partial charge in [0.1, 0.15) is 6.61 Å². The van der Waals surface area contributed by atoms with Crippen LogP contribution in [-0.2, 0) is 4.74 Å². The highest BCUT2D eigenvalue weighted by molar-refractivity contribution is 5.92. The normalized spacial score (nSPS) is 19.3. The van der Waals surface area contributed by atoms with Crippen molar-refractivity contribution < 1.29 is 9.53 Å². The van der Waals surface area contributed by atoms with Crippen LogP contribution in [0.25, 0.3) is 11.1 Å². The largest absolute Gasteiger partial charge is 0.448 e. The van der Waals surface area contributed by atoms with Gasteiger partial charge in [-0.1, -0.05) is 30.2 Å². The molecular weight excluding hydrogens is 300 g/mol. The quantitative estimate of drug-likeness (QED) is 0.638. The molecule has 1 fully saturated rings. The summed E-state index contributed by atoms with van der Waals surface area (Å²) in [5.74, 6) is 3.32. The third-order valence-corrected chi connectivity index (χ3v) is 4.40. The van der Waals surface area contributed by atoms with E-state index in [-0.39, 0.29) is 5.92 Å². The Balaban J connectivity index is 0.000000201. The molecule has 1 aromatic heterocycles. The zero-order valence-electron chi connectivity index (χ0n) is 13.1. The number of pyridine rings is 1. The van der Waals surface area contributed by atoms with Gasteiger partial charge in [-0.25, -0.2) is 14.7 Å². The second-order valence-corrected chi connectivity index (χ2v) is 5.92. The molecule has 1 aromatic rings. The number of hydrogen-bond donors (Lipinski definition) is 0. The highest BCUT2D eigenvalue weighted by Gasteiger charge is 2.37. The number of fused-ring (bicyclic) bond motifs is 2. The van der Waals surface area contributed by atoms with Crippen molar-refractivity contribution in [1.29, 1.82) is 0 Å². The molecule has 4 heteroatoms. The molecule has 1 atom stereocenters. The Labute approximate surface area is 140 Å². The Morgan fingerprint density at radius 1 is 1.25 bits per heavy atom. The summed E-state index contributed by atoms with van der Waals surface area (Å²) in [4.78, 5) is 17.7. The molecule has 118 valence electrons. The summed E-state index contributed by atoms with van der Waals surface area (Å²) in [6.07, 6.45) is 10.7. The number of ether oxygens (including phenoxy) is 1. The molecule has 1 saturated heterocycles. The predicted molar refractivity (Wildman–Crippen MR) is 92.2 cm³/mol. The highest BCUT2D eigenvalue weighted by atomic mass is 16.6. The van der Waals surface area contributed by atoms with E-state index >= 15 is 0 Å². The minimum absolute atomic E-state index is 0.273. The summed E-state index contributed by atoms with van der Waals surface area (Å²) in [5, 5.41) is 0. The molecule has 24 heavy (non-hydrogen) atoms. The van der Waals surface area contributed by atoms with Gasteiger partial charge in [0.05, 0.1) is 5.56 Å². The van der Waals surface area contributed by atoms with Gasteiger partial charge in [-0.2, -0.15) is 0 Å². The first-order valence-corrected chi connectivity index (χ1v) is 7.97. The number of carbonyl (C=O) groups is 1. The number of aromatic nitrogens is 1. The predicted octanol–water partition coefficient (Wildman–Crippen LogP) is 3.98. The van der Waals surface area contributed by atoms with Crippen molar-refractivity contribution in [2.75, 3.05) is 11.5 Å². The minimum atomic E-state index is -0.394. The van der Waals surface area contributed by atoms with Crippen molar-refractivity contribution in [3.63, 3.8) is 0 Å². The van der Waals surface area contributed by atoms with Gasteiger partial charge >= 0.3 is 6.09 Å². The van der Waals surface area contributed by atoms with E-state index in [1.807, 2.05) is 0 Å². The topological polar surface area (TPSA) is 42.4 Å². The fourth-order valence-electron chi connectivity index (χ4n) is 3.10. The number of amides is 1. The Bertz CT molecular complexity index is 862. The summed E-state index contributed by atoms with van der Waals surface area (Å²) in [5.41, 5.74) is 4.43. The molecule has 3 aliphatic carbocycles. The van der Waals surface area contributed by atoms with Crippen molar-refractivity contribution in [3.05, 3.63) is 59.9 Å². The van der Waals surface area contributed by atoms with Gasteiger partial charge in [-0.15, -0.1) is 6.42 Å². The molecule has 0 bridgehead atoms. The number of benzene rings is 1. The smallest absolute Gasteiger partial charge is 0.419 e. The van der Waals surface area contributed by atoms with E-state index in [2.05, 4.69) is 41.2 Å². The zero-order valence-corrected chi connectivity index (χ0v) is 13.1. The molecule has 0 N–H and O–H groups in total.